The van der Waals surface area contributed by atoms with Gasteiger partial charge in [0.15, 0.2) is 0 Å². The summed E-state index contributed by atoms with van der Waals surface area (Å²) in [6.07, 6.45) is 1.63. The molecule has 1 unspecified atom stereocenters. The van der Waals surface area contributed by atoms with Gasteiger partial charge in [-0.1, -0.05) is 6.07 Å². The van der Waals surface area contributed by atoms with Crippen LogP contribution in [0.25, 0.3) is 0 Å². The number of hydrogen-bond acceptors (Lipinski definition) is 4. The van der Waals surface area contributed by atoms with Crippen LogP contribution in [0.1, 0.15) is 28.8 Å². The number of methoxy groups -OCH3 is 1. The van der Waals surface area contributed by atoms with Crippen LogP contribution in [0.15, 0.2) is 18.2 Å². The van der Waals surface area contributed by atoms with Gasteiger partial charge in [0.25, 0.3) is 5.91 Å². The van der Waals surface area contributed by atoms with Crippen molar-refractivity contribution < 1.29 is 18.7 Å². The Kier molecular flexibility index (Phi) is 6.44. The number of carbonyl (C=O) groups is 2. The number of aryl methyl sites for hydroxylation is 1. The molecule has 1 atom stereocenters. The van der Waals surface area contributed by atoms with Gasteiger partial charge in [-0.2, -0.15) is 0 Å². The highest BCUT2D eigenvalue weighted by atomic mass is 19.1. The number of ether oxygens (including phenoxy) is 1. The summed E-state index contributed by atoms with van der Waals surface area (Å²) in [7, 11) is 1.64. The lowest BCUT2D eigenvalue weighted by molar-refractivity contribution is -0.132. The number of likely N-dealkylation sites (tertiary alicyclic amines) is 1. The minimum atomic E-state index is -0.356. The molecule has 2 heterocycles. The second kappa shape index (κ2) is 8.80. The Bertz CT molecular complexity index is 697. The zero-order chi connectivity index (χ0) is 19.4. The molecule has 1 aromatic carbocycles. The van der Waals surface area contributed by atoms with Crippen LogP contribution in [0, 0.1) is 12.7 Å². The first-order valence-electron chi connectivity index (χ1n) is 9.58. The molecular weight excluding hydrogens is 349 g/mol. The molecule has 2 aliphatic heterocycles. The van der Waals surface area contributed by atoms with Gasteiger partial charge in [0.2, 0.25) is 5.91 Å². The Labute approximate surface area is 159 Å². The normalized spacial score (nSPS) is 21.6. The molecule has 0 N–H and O–H groups in total. The van der Waals surface area contributed by atoms with Crippen molar-refractivity contribution in [2.45, 2.75) is 25.8 Å². The Morgan fingerprint density at radius 2 is 2.04 bits per heavy atom. The van der Waals surface area contributed by atoms with E-state index in [1.165, 1.54) is 6.07 Å². The van der Waals surface area contributed by atoms with Gasteiger partial charge in [0.05, 0.1) is 12.6 Å². The molecule has 3 rings (SSSR count). The zero-order valence-corrected chi connectivity index (χ0v) is 16.1. The van der Waals surface area contributed by atoms with Crippen LogP contribution in [-0.2, 0) is 9.53 Å². The minimum Gasteiger partial charge on any atom is -0.383 e. The highest BCUT2D eigenvalue weighted by Crippen LogP contribution is 2.20. The Balaban J connectivity index is 1.59. The molecule has 6 nitrogen and oxygen atoms in total. The fourth-order valence-corrected chi connectivity index (χ4v) is 3.85. The van der Waals surface area contributed by atoms with Crippen LogP contribution in [-0.4, -0.2) is 85.5 Å². The van der Waals surface area contributed by atoms with Crippen LogP contribution in [0.5, 0.6) is 0 Å². The Hall–Kier alpha value is -1.99. The standard InChI is InChI=1S/C20H28FN3O3/c1-15-4-5-16(14-17(15)21)19(25)23-8-3-7-22(10-11-23)18-6-9-24(20(18)26)12-13-27-2/h4-5,14,18H,3,6-13H2,1-2H3. The van der Waals surface area contributed by atoms with Crippen molar-refractivity contribution in [3.63, 3.8) is 0 Å². The molecule has 27 heavy (non-hydrogen) atoms. The molecule has 2 amide bonds. The zero-order valence-electron chi connectivity index (χ0n) is 16.1. The first kappa shape index (κ1) is 19.8. The molecule has 2 fully saturated rings. The lowest BCUT2D eigenvalue weighted by atomic mass is 10.1. The minimum absolute atomic E-state index is 0.103. The monoisotopic (exact) mass is 377 g/mol. The van der Waals surface area contributed by atoms with Crippen molar-refractivity contribution in [2.24, 2.45) is 0 Å². The molecule has 2 aliphatic rings. The Morgan fingerprint density at radius 1 is 1.22 bits per heavy atom. The smallest absolute Gasteiger partial charge is 0.254 e. The fraction of sp³-hybridized carbons (Fsp3) is 0.600. The van der Waals surface area contributed by atoms with E-state index >= 15 is 0 Å². The van der Waals surface area contributed by atoms with E-state index in [-0.39, 0.29) is 23.7 Å². The van der Waals surface area contributed by atoms with E-state index in [0.717, 1.165) is 25.9 Å². The number of hydrogen-bond donors (Lipinski definition) is 0. The molecule has 0 aromatic heterocycles. The summed E-state index contributed by atoms with van der Waals surface area (Å²) in [5, 5.41) is 0. The van der Waals surface area contributed by atoms with Gasteiger partial charge in [-0.3, -0.25) is 14.5 Å². The SMILES string of the molecule is COCCN1CCC(N2CCCN(C(=O)c3ccc(C)c(F)c3)CC2)C1=O. The van der Waals surface area contributed by atoms with Crippen LogP contribution in [0.4, 0.5) is 4.39 Å². The van der Waals surface area contributed by atoms with E-state index in [2.05, 4.69) is 4.90 Å². The lowest BCUT2D eigenvalue weighted by Gasteiger charge is -2.26. The number of benzene rings is 1. The van der Waals surface area contributed by atoms with Crippen molar-refractivity contribution in [1.29, 1.82) is 0 Å². The summed E-state index contributed by atoms with van der Waals surface area (Å²) in [4.78, 5) is 31.2. The van der Waals surface area contributed by atoms with Gasteiger partial charge < -0.3 is 14.5 Å². The summed E-state index contributed by atoms with van der Waals surface area (Å²) in [6, 6.07) is 4.53. The predicted molar refractivity (Wildman–Crippen MR) is 100 cm³/mol. The quantitative estimate of drug-likeness (QED) is 0.781. The van der Waals surface area contributed by atoms with Crippen molar-refractivity contribution in [1.82, 2.24) is 14.7 Å². The molecule has 0 bridgehead atoms. The average molecular weight is 377 g/mol. The third kappa shape index (κ3) is 4.47. The fourth-order valence-electron chi connectivity index (χ4n) is 3.85. The third-order valence-electron chi connectivity index (χ3n) is 5.51. The summed E-state index contributed by atoms with van der Waals surface area (Å²) >= 11 is 0. The second-order valence-electron chi connectivity index (χ2n) is 7.27. The highest BCUT2D eigenvalue weighted by molar-refractivity contribution is 5.94. The number of amides is 2. The average Bonchev–Trinajstić information content (AvgIpc) is 2.87. The largest absolute Gasteiger partial charge is 0.383 e. The van der Waals surface area contributed by atoms with E-state index in [9.17, 15) is 14.0 Å². The molecular formula is C20H28FN3O3. The Morgan fingerprint density at radius 3 is 2.78 bits per heavy atom. The molecule has 0 aliphatic carbocycles. The molecule has 7 heteroatoms. The maximum absolute atomic E-state index is 13.8. The topological polar surface area (TPSA) is 53.1 Å². The summed E-state index contributed by atoms with van der Waals surface area (Å²) in [6.45, 7) is 6.25. The van der Waals surface area contributed by atoms with Crippen LogP contribution < -0.4 is 0 Å². The second-order valence-corrected chi connectivity index (χ2v) is 7.27. The van der Waals surface area contributed by atoms with E-state index in [1.807, 2.05) is 4.90 Å². The van der Waals surface area contributed by atoms with Crippen molar-refractivity contribution in [2.75, 3.05) is 53.0 Å². The van der Waals surface area contributed by atoms with E-state index < -0.39 is 0 Å². The molecule has 0 saturated carbocycles. The van der Waals surface area contributed by atoms with Crippen molar-refractivity contribution in [3.8, 4) is 0 Å². The maximum atomic E-state index is 13.8. The molecule has 1 aromatic rings. The van der Waals surface area contributed by atoms with Gasteiger partial charge >= 0.3 is 0 Å². The number of carbonyl (C=O) groups excluding carboxylic acids is 2. The number of halogens is 1. The lowest BCUT2D eigenvalue weighted by Crippen LogP contribution is -2.44. The van der Waals surface area contributed by atoms with Gasteiger partial charge in [-0.05, 0) is 37.5 Å². The third-order valence-corrected chi connectivity index (χ3v) is 5.51. The summed E-state index contributed by atoms with van der Waals surface area (Å²) < 4.78 is 18.9. The van der Waals surface area contributed by atoms with E-state index in [0.29, 0.717) is 43.9 Å². The van der Waals surface area contributed by atoms with Crippen molar-refractivity contribution in [3.05, 3.63) is 35.1 Å². The van der Waals surface area contributed by atoms with Crippen LogP contribution >= 0.6 is 0 Å². The summed E-state index contributed by atoms with van der Waals surface area (Å²) in [5.41, 5.74) is 0.917. The predicted octanol–water partition coefficient (Wildman–Crippen LogP) is 1.53. The number of nitrogens with zero attached hydrogens (tertiary/aromatic N) is 3. The molecule has 148 valence electrons. The van der Waals surface area contributed by atoms with Crippen molar-refractivity contribution >= 4 is 11.8 Å². The van der Waals surface area contributed by atoms with Gasteiger partial charge in [-0.25, -0.2) is 4.39 Å². The molecule has 2 saturated heterocycles. The van der Waals surface area contributed by atoms with E-state index in [4.69, 9.17) is 4.74 Å². The highest BCUT2D eigenvalue weighted by Gasteiger charge is 2.36. The van der Waals surface area contributed by atoms with Crippen LogP contribution in [0.2, 0.25) is 0 Å². The molecule has 0 spiro atoms. The summed E-state index contributed by atoms with van der Waals surface area (Å²) in [5.74, 6) is -0.340. The van der Waals surface area contributed by atoms with Gasteiger partial charge in [0.1, 0.15) is 5.82 Å². The first-order valence-corrected chi connectivity index (χ1v) is 9.58. The van der Waals surface area contributed by atoms with E-state index in [1.54, 1.807) is 31.1 Å². The first-order chi connectivity index (χ1) is 13.0. The number of rotatable bonds is 5. The molecule has 0 radical (unpaired) electrons. The maximum Gasteiger partial charge on any atom is 0.254 e. The van der Waals surface area contributed by atoms with Gasteiger partial charge in [0, 0.05) is 51.9 Å². The van der Waals surface area contributed by atoms with Crippen LogP contribution in [0.3, 0.4) is 0 Å². The van der Waals surface area contributed by atoms with Gasteiger partial charge in [-0.15, -0.1) is 0 Å².